The Bertz CT molecular complexity index is 926. The van der Waals surface area contributed by atoms with E-state index in [2.05, 4.69) is 0 Å². The summed E-state index contributed by atoms with van der Waals surface area (Å²) in [6.45, 7) is -0.440. The zero-order valence-electron chi connectivity index (χ0n) is 17.8. The summed E-state index contributed by atoms with van der Waals surface area (Å²) >= 11 is 0. The first kappa shape index (κ1) is 22.0. The Labute approximate surface area is 181 Å². The maximum Gasteiger partial charge on any atom is 0.160 e. The molecule has 0 bridgehead atoms. The van der Waals surface area contributed by atoms with Crippen LogP contribution >= 0.6 is 0 Å². The molecule has 5 atom stereocenters. The fraction of sp³-hybridized carbons (Fsp3) is 0.500. The summed E-state index contributed by atoms with van der Waals surface area (Å²) in [6.07, 6.45) is -2.12. The Balaban J connectivity index is 1.69. The van der Waals surface area contributed by atoms with Crippen molar-refractivity contribution in [3.63, 3.8) is 0 Å². The Morgan fingerprint density at radius 1 is 0.935 bits per heavy atom. The average molecular weight is 430 g/mol. The molecule has 1 aliphatic carbocycles. The molecule has 7 heteroatoms. The van der Waals surface area contributed by atoms with E-state index in [1.54, 1.807) is 14.2 Å². The first-order chi connectivity index (χ1) is 15.0. The van der Waals surface area contributed by atoms with Crippen LogP contribution in [-0.2, 0) is 24.0 Å². The summed E-state index contributed by atoms with van der Waals surface area (Å²) in [5, 5.41) is 40.4. The predicted octanol–water partition coefficient (Wildman–Crippen LogP) is 1.30. The van der Waals surface area contributed by atoms with Gasteiger partial charge in [0.2, 0.25) is 0 Å². The van der Waals surface area contributed by atoms with Gasteiger partial charge in [-0.3, -0.25) is 0 Å². The predicted molar refractivity (Wildman–Crippen MR) is 114 cm³/mol. The summed E-state index contributed by atoms with van der Waals surface area (Å²) in [7, 11) is 3.22. The molecule has 0 saturated carbocycles. The number of aliphatic hydroxyl groups is 4. The van der Waals surface area contributed by atoms with Crippen LogP contribution in [0.2, 0.25) is 0 Å². The molecule has 0 radical (unpaired) electrons. The van der Waals surface area contributed by atoms with Gasteiger partial charge in [0.05, 0.1) is 20.8 Å². The van der Waals surface area contributed by atoms with Gasteiger partial charge >= 0.3 is 0 Å². The number of benzene rings is 2. The highest BCUT2D eigenvalue weighted by Gasteiger charge is 2.44. The third-order valence-corrected chi connectivity index (χ3v) is 6.39. The van der Waals surface area contributed by atoms with Gasteiger partial charge in [-0.1, -0.05) is 18.2 Å². The topological polar surface area (TPSA) is 109 Å². The van der Waals surface area contributed by atoms with Crippen molar-refractivity contribution in [1.29, 1.82) is 0 Å². The van der Waals surface area contributed by atoms with Crippen molar-refractivity contribution < 1.29 is 34.6 Å². The van der Waals surface area contributed by atoms with Crippen LogP contribution in [0.4, 0.5) is 0 Å². The zero-order chi connectivity index (χ0) is 22.1. The highest BCUT2D eigenvalue weighted by atomic mass is 16.5. The molecule has 2 aliphatic rings. The minimum absolute atomic E-state index is 0.440. The second-order valence-corrected chi connectivity index (χ2v) is 8.29. The van der Waals surface area contributed by atoms with Crippen molar-refractivity contribution in [2.24, 2.45) is 0 Å². The minimum atomic E-state index is -1.39. The van der Waals surface area contributed by atoms with E-state index in [0.717, 1.165) is 36.0 Å². The van der Waals surface area contributed by atoms with Crippen LogP contribution in [0.25, 0.3) is 0 Å². The molecule has 0 amide bonds. The number of methoxy groups -OCH3 is 2. The third kappa shape index (κ3) is 4.16. The molecular formula is C24H30O7. The number of hydrogen-bond donors (Lipinski definition) is 4. The van der Waals surface area contributed by atoms with E-state index in [4.69, 9.17) is 14.2 Å². The lowest BCUT2D eigenvalue weighted by Gasteiger charge is -2.40. The minimum Gasteiger partial charge on any atom is -0.493 e. The summed E-state index contributed by atoms with van der Waals surface area (Å²) in [5.74, 6) is 1.34. The standard InChI is InChI=1S/C24H30O7/c1-29-18-7-6-13(9-19(18)30-2)8-15-11-16(10-14-4-3-5-17(14)15)24-23(28)22(27)21(26)20(12-25)31-24/h6-7,9-11,20-28H,3-5,8,12H2,1-2H3/t20-,21-,22+,23-,24+/m1/s1. The molecule has 4 rings (SSSR count). The van der Waals surface area contributed by atoms with Gasteiger partial charge in [0.1, 0.15) is 30.5 Å². The van der Waals surface area contributed by atoms with Crippen molar-refractivity contribution in [2.45, 2.75) is 56.2 Å². The van der Waals surface area contributed by atoms with Crippen LogP contribution in [0, 0.1) is 0 Å². The Kier molecular flexibility index (Phi) is 6.50. The number of ether oxygens (including phenoxy) is 3. The molecule has 2 aromatic rings. The molecule has 1 fully saturated rings. The van der Waals surface area contributed by atoms with E-state index < -0.39 is 37.1 Å². The molecule has 1 saturated heterocycles. The van der Waals surface area contributed by atoms with Crippen LogP contribution in [-0.4, -0.2) is 65.7 Å². The normalized spacial score (nSPS) is 27.7. The SMILES string of the molecule is COc1ccc(Cc2cc([C@@H]3O[C@H](CO)[C@@H](O)[C@H](O)[C@H]3O)cc3c2CCC3)cc1OC. The van der Waals surface area contributed by atoms with Gasteiger partial charge in [-0.2, -0.15) is 0 Å². The van der Waals surface area contributed by atoms with Gasteiger partial charge in [-0.25, -0.2) is 0 Å². The first-order valence-electron chi connectivity index (χ1n) is 10.6. The number of aliphatic hydroxyl groups excluding tert-OH is 4. The van der Waals surface area contributed by atoms with E-state index in [0.29, 0.717) is 17.9 Å². The highest BCUT2D eigenvalue weighted by molar-refractivity contribution is 5.48. The van der Waals surface area contributed by atoms with Gasteiger partial charge in [0.15, 0.2) is 11.5 Å². The second-order valence-electron chi connectivity index (χ2n) is 8.29. The number of fused-ring (bicyclic) bond motifs is 1. The molecule has 1 heterocycles. The average Bonchev–Trinajstić information content (AvgIpc) is 3.26. The van der Waals surface area contributed by atoms with Crippen LogP contribution < -0.4 is 9.47 Å². The summed E-state index contributed by atoms with van der Waals surface area (Å²) < 4.78 is 16.6. The molecule has 4 N–H and O–H groups in total. The number of hydrogen-bond acceptors (Lipinski definition) is 7. The Morgan fingerprint density at radius 3 is 2.42 bits per heavy atom. The fourth-order valence-electron chi connectivity index (χ4n) is 4.73. The van der Waals surface area contributed by atoms with Crippen molar-refractivity contribution in [3.05, 3.63) is 58.1 Å². The highest BCUT2D eigenvalue weighted by Crippen LogP contribution is 2.37. The molecule has 2 aromatic carbocycles. The van der Waals surface area contributed by atoms with Crippen molar-refractivity contribution in [1.82, 2.24) is 0 Å². The van der Waals surface area contributed by atoms with Crippen LogP contribution in [0.3, 0.4) is 0 Å². The van der Waals surface area contributed by atoms with Gasteiger partial charge < -0.3 is 34.6 Å². The van der Waals surface area contributed by atoms with E-state index in [9.17, 15) is 20.4 Å². The summed E-state index contributed by atoms with van der Waals surface area (Å²) in [5.41, 5.74) is 5.47. The van der Waals surface area contributed by atoms with E-state index in [1.807, 2.05) is 30.3 Å². The fourth-order valence-corrected chi connectivity index (χ4v) is 4.73. The maximum absolute atomic E-state index is 10.6. The van der Waals surface area contributed by atoms with Crippen molar-refractivity contribution in [2.75, 3.05) is 20.8 Å². The number of aryl methyl sites for hydroxylation is 1. The summed E-state index contributed by atoms with van der Waals surface area (Å²) in [6, 6.07) is 9.88. The first-order valence-corrected chi connectivity index (χ1v) is 10.6. The van der Waals surface area contributed by atoms with Crippen molar-refractivity contribution >= 4 is 0 Å². The second kappa shape index (κ2) is 9.14. The van der Waals surface area contributed by atoms with Crippen molar-refractivity contribution in [3.8, 4) is 11.5 Å². The third-order valence-electron chi connectivity index (χ3n) is 6.39. The summed E-state index contributed by atoms with van der Waals surface area (Å²) in [4.78, 5) is 0. The van der Waals surface area contributed by atoms with E-state index in [-0.39, 0.29) is 0 Å². The van der Waals surface area contributed by atoms with Crippen LogP contribution in [0.1, 0.15) is 40.3 Å². The molecule has 0 unspecified atom stereocenters. The van der Waals surface area contributed by atoms with Gasteiger partial charge in [0, 0.05) is 0 Å². The lowest BCUT2D eigenvalue weighted by molar-refractivity contribution is -0.231. The Hall–Kier alpha value is -2.16. The zero-order valence-corrected chi connectivity index (χ0v) is 17.8. The van der Waals surface area contributed by atoms with Gasteiger partial charge in [0.25, 0.3) is 0 Å². The largest absolute Gasteiger partial charge is 0.493 e. The van der Waals surface area contributed by atoms with Gasteiger partial charge in [-0.15, -0.1) is 0 Å². The quantitative estimate of drug-likeness (QED) is 0.547. The molecule has 1 aliphatic heterocycles. The Morgan fingerprint density at radius 2 is 1.71 bits per heavy atom. The molecule has 168 valence electrons. The lowest BCUT2D eigenvalue weighted by Crippen LogP contribution is -2.55. The smallest absolute Gasteiger partial charge is 0.160 e. The monoisotopic (exact) mass is 430 g/mol. The van der Waals surface area contributed by atoms with Gasteiger partial charge in [-0.05, 0) is 65.6 Å². The molecule has 0 aromatic heterocycles. The molecule has 31 heavy (non-hydrogen) atoms. The number of rotatable bonds is 6. The van der Waals surface area contributed by atoms with E-state index >= 15 is 0 Å². The van der Waals surface area contributed by atoms with E-state index in [1.165, 1.54) is 11.1 Å². The van der Waals surface area contributed by atoms with Crippen LogP contribution in [0.5, 0.6) is 11.5 Å². The molecule has 7 nitrogen and oxygen atoms in total. The maximum atomic E-state index is 10.6. The molecule has 0 spiro atoms. The lowest BCUT2D eigenvalue weighted by atomic mass is 9.87. The van der Waals surface area contributed by atoms with Crippen LogP contribution in [0.15, 0.2) is 30.3 Å². The molecular weight excluding hydrogens is 400 g/mol.